The van der Waals surface area contributed by atoms with Crippen LogP contribution in [-0.4, -0.2) is 39.9 Å². The molecule has 140 valence electrons. The number of hydrogen-bond acceptors (Lipinski definition) is 4. The van der Waals surface area contributed by atoms with E-state index in [1.165, 1.54) is 0 Å². The molecule has 6 nitrogen and oxygen atoms in total. The Balaban J connectivity index is 1.90. The number of nitrogens with zero attached hydrogens (tertiary/aromatic N) is 1. The summed E-state index contributed by atoms with van der Waals surface area (Å²) in [7, 11) is 3.14. The van der Waals surface area contributed by atoms with Crippen LogP contribution in [0, 0.1) is 6.92 Å². The van der Waals surface area contributed by atoms with Crippen LogP contribution < -0.4 is 24.4 Å². The molecular weight excluding hydrogens is 332 g/mol. The van der Waals surface area contributed by atoms with Crippen molar-refractivity contribution in [2.45, 2.75) is 13.8 Å². The van der Waals surface area contributed by atoms with Gasteiger partial charge in [-0.25, -0.2) is 4.79 Å². The molecule has 0 unspecified atom stereocenters. The van der Waals surface area contributed by atoms with Crippen LogP contribution in [-0.2, 0) is 0 Å². The first-order valence-electron chi connectivity index (χ1n) is 8.56. The molecule has 0 atom stereocenters. The molecule has 2 aromatic carbocycles. The van der Waals surface area contributed by atoms with Crippen molar-refractivity contribution in [1.29, 1.82) is 0 Å². The third-order valence-electron chi connectivity index (χ3n) is 3.88. The first kappa shape index (κ1) is 19.4. The first-order valence-corrected chi connectivity index (χ1v) is 8.56. The molecule has 0 aliphatic heterocycles. The number of carbonyl (C=O) groups is 1. The van der Waals surface area contributed by atoms with E-state index in [0.29, 0.717) is 36.9 Å². The van der Waals surface area contributed by atoms with E-state index in [-0.39, 0.29) is 6.03 Å². The summed E-state index contributed by atoms with van der Waals surface area (Å²) in [5, 5.41) is 2.88. The zero-order chi connectivity index (χ0) is 18.9. The highest BCUT2D eigenvalue weighted by molar-refractivity contribution is 5.91. The number of para-hydroxylation sites is 1. The second kappa shape index (κ2) is 9.56. The second-order valence-electron chi connectivity index (χ2n) is 5.66. The second-order valence-corrected chi connectivity index (χ2v) is 5.66. The lowest BCUT2D eigenvalue weighted by Gasteiger charge is -2.22. The average Bonchev–Trinajstić information content (AvgIpc) is 2.65. The van der Waals surface area contributed by atoms with Gasteiger partial charge in [-0.2, -0.15) is 0 Å². The molecule has 2 aromatic rings. The molecule has 6 heteroatoms. The molecule has 0 heterocycles. The summed E-state index contributed by atoms with van der Waals surface area (Å²) in [5.41, 5.74) is 1.99. The van der Waals surface area contributed by atoms with Gasteiger partial charge in [-0.1, -0.05) is 18.2 Å². The highest BCUT2D eigenvalue weighted by atomic mass is 16.5. The maximum atomic E-state index is 12.4. The molecular formula is C20H26N2O4. The zero-order valence-corrected chi connectivity index (χ0v) is 15.7. The van der Waals surface area contributed by atoms with Crippen LogP contribution in [0.5, 0.6) is 17.2 Å². The largest absolute Gasteiger partial charge is 0.493 e. The third kappa shape index (κ3) is 4.81. The summed E-state index contributed by atoms with van der Waals surface area (Å²) in [6.07, 6.45) is 0. The molecule has 0 spiro atoms. The fourth-order valence-electron chi connectivity index (χ4n) is 2.62. The molecule has 0 saturated heterocycles. The molecule has 1 N–H and O–H groups in total. The molecule has 0 saturated carbocycles. The van der Waals surface area contributed by atoms with Crippen LogP contribution >= 0.6 is 0 Å². The number of nitrogens with one attached hydrogen (secondary N) is 1. The fourth-order valence-corrected chi connectivity index (χ4v) is 2.62. The van der Waals surface area contributed by atoms with Crippen molar-refractivity contribution in [3.63, 3.8) is 0 Å². The number of methoxy groups -OCH3 is 2. The van der Waals surface area contributed by atoms with Crippen molar-refractivity contribution in [3.05, 3.63) is 48.0 Å². The lowest BCUT2D eigenvalue weighted by Crippen LogP contribution is -2.41. The molecule has 0 aliphatic rings. The minimum absolute atomic E-state index is 0.153. The van der Waals surface area contributed by atoms with Gasteiger partial charge in [-0.3, -0.25) is 4.90 Å². The Kier molecular flexibility index (Phi) is 7.14. The third-order valence-corrected chi connectivity index (χ3v) is 3.88. The summed E-state index contributed by atoms with van der Waals surface area (Å²) in [5.74, 6) is 1.72. The van der Waals surface area contributed by atoms with Gasteiger partial charge in [0, 0.05) is 12.2 Å². The summed E-state index contributed by atoms with van der Waals surface area (Å²) in [4.78, 5) is 14.1. The number of ether oxygens (including phenoxy) is 3. The monoisotopic (exact) mass is 358 g/mol. The van der Waals surface area contributed by atoms with Crippen LogP contribution in [0.3, 0.4) is 0 Å². The van der Waals surface area contributed by atoms with Crippen molar-refractivity contribution < 1.29 is 19.0 Å². The first-order chi connectivity index (χ1) is 12.6. The number of hydrogen-bond donors (Lipinski definition) is 1. The van der Waals surface area contributed by atoms with E-state index in [2.05, 4.69) is 5.32 Å². The number of amides is 2. The molecule has 0 aliphatic carbocycles. The van der Waals surface area contributed by atoms with E-state index in [1.807, 2.05) is 44.2 Å². The Hall–Kier alpha value is -2.89. The maximum absolute atomic E-state index is 12.4. The van der Waals surface area contributed by atoms with Crippen LogP contribution in [0.15, 0.2) is 42.5 Å². The van der Waals surface area contributed by atoms with Gasteiger partial charge in [0.2, 0.25) is 5.75 Å². The summed E-state index contributed by atoms with van der Waals surface area (Å²) in [6, 6.07) is 13.1. The average molecular weight is 358 g/mol. The Morgan fingerprint density at radius 2 is 1.81 bits per heavy atom. The Morgan fingerprint density at radius 1 is 1.08 bits per heavy atom. The Morgan fingerprint density at radius 3 is 2.46 bits per heavy atom. The number of rotatable bonds is 8. The topological polar surface area (TPSA) is 60.0 Å². The van der Waals surface area contributed by atoms with Gasteiger partial charge in [0.15, 0.2) is 11.5 Å². The normalized spacial score (nSPS) is 10.2. The predicted octanol–water partition coefficient (Wildman–Crippen LogP) is 3.63. The van der Waals surface area contributed by atoms with E-state index >= 15 is 0 Å². The zero-order valence-electron chi connectivity index (χ0n) is 15.7. The van der Waals surface area contributed by atoms with E-state index in [4.69, 9.17) is 14.2 Å². The van der Waals surface area contributed by atoms with Crippen molar-refractivity contribution >= 4 is 11.7 Å². The van der Waals surface area contributed by atoms with Gasteiger partial charge in [0.05, 0.1) is 20.8 Å². The maximum Gasteiger partial charge on any atom is 0.321 e. The predicted molar refractivity (Wildman–Crippen MR) is 103 cm³/mol. The number of anilines is 1. The number of urea groups is 1. The lowest BCUT2D eigenvalue weighted by atomic mass is 10.2. The van der Waals surface area contributed by atoms with Crippen molar-refractivity contribution in [1.82, 2.24) is 5.32 Å². The number of carbonyl (C=O) groups excluding carboxylic acids is 1. The molecule has 26 heavy (non-hydrogen) atoms. The molecule has 2 amide bonds. The van der Waals surface area contributed by atoms with E-state index in [1.54, 1.807) is 31.3 Å². The molecule has 0 fully saturated rings. The van der Waals surface area contributed by atoms with Crippen molar-refractivity contribution in [2.75, 3.05) is 38.8 Å². The lowest BCUT2D eigenvalue weighted by molar-refractivity contribution is 0.240. The van der Waals surface area contributed by atoms with Crippen LogP contribution in [0.4, 0.5) is 10.5 Å². The van der Waals surface area contributed by atoms with Gasteiger partial charge in [0.1, 0.15) is 6.61 Å². The van der Waals surface area contributed by atoms with E-state index in [9.17, 15) is 4.79 Å². The van der Waals surface area contributed by atoms with Crippen LogP contribution in [0.25, 0.3) is 0 Å². The fraction of sp³-hybridized carbons (Fsp3) is 0.350. The standard InChI is InChI=1S/C20H26N2O4/c1-5-22(16-9-6-8-15(2)14-16)20(23)21-12-13-26-18-11-7-10-17(24-3)19(18)25-4/h6-11,14H,5,12-13H2,1-4H3,(H,21,23). The van der Waals surface area contributed by atoms with Gasteiger partial charge in [-0.05, 0) is 43.7 Å². The molecule has 2 rings (SSSR count). The Labute approximate surface area is 154 Å². The molecule has 0 radical (unpaired) electrons. The van der Waals surface area contributed by atoms with Crippen LogP contribution in [0.1, 0.15) is 12.5 Å². The minimum Gasteiger partial charge on any atom is -0.493 e. The van der Waals surface area contributed by atoms with Gasteiger partial charge >= 0.3 is 6.03 Å². The van der Waals surface area contributed by atoms with Gasteiger partial charge < -0.3 is 19.5 Å². The van der Waals surface area contributed by atoms with Gasteiger partial charge in [0.25, 0.3) is 0 Å². The highest BCUT2D eigenvalue weighted by Gasteiger charge is 2.14. The number of benzene rings is 2. The van der Waals surface area contributed by atoms with Gasteiger partial charge in [-0.15, -0.1) is 0 Å². The quantitative estimate of drug-likeness (QED) is 0.732. The number of aryl methyl sites for hydroxylation is 1. The SMILES string of the molecule is CCN(C(=O)NCCOc1cccc(OC)c1OC)c1cccc(C)c1. The molecule has 0 bridgehead atoms. The van der Waals surface area contributed by atoms with Crippen molar-refractivity contribution in [2.24, 2.45) is 0 Å². The van der Waals surface area contributed by atoms with E-state index < -0.39 is 0 Å². The summed E-state index contributed by atoms with van der Waals surface area (Å²) >= 11 is 0. The van der Waals surface area contributed by atoms with Crippen molar-refractivity contribution in [3.8, 4) is 17.2 Å². The molecule has 0 aromatic heterocycles. The smallest absolute Gasteiger partial charge is 0.321 e. The summed E-state index contributed by atoms with van der Waals surface area (Å²) in [6.45, 7) is 5.23. The van der Waals surface area contributed by atoms with Crippen LogP contribution in [0.2, 0.25) is 0 Å². The Bertz CT molecular complexity index is 734. The highest BCUT2D eigenvalue weighted by Crippen LogP contribution is 2.36. The minimum atomic E-state index is -0.153. The van der Waals surface area contributed by atoms with E-state index in [0.717, 1.165) is 11.3 Å². The summed E-state index contributed by atoms with van der Waals surface area (Å²) < 4.78 is 16.3.